The van der Waals surface area contributed by atoms with E-state index in [1.807, 2.05) is 0 Å². The summed E-state index contributed by atoms with van der Waals surface area (Å²) in [6.07, 6.45) is -0.208. The van der Waals surface area contributed by atoms with E-state index >= 15 is 0 Å². The summed E-state index contributed by atoms with van der Waals surface area (Å²) >= 11 is 0. The average Bonchev–Trinajstić information content (AvgIpc) is 1.81. The van der Waals surface area contributed by atoms with Crippen molar-refractivity contribution in [1.29, 1.82) is 0 Å². The van der Waals surface area contributed by atoms with E-state index in [2.05, 4.69) is 0 Å². The third-order valence-electron chi connectivity index (χ3n) is 0.354. The SMILES string of the molecule is [2H]C([2H])([2H])C([2H])(CC)C([2H])([2H])[2H]. The summed E-state index contributed by atoms with van der Waals surface area (Å²) in [5, 5.41) is 0. The maximum absolute atomic E-state index is 7.35. The largest absolute Gasteiger partial charge is 0.0651 e. The summed E-state index contributed by atoms with van der Waals surface area (Å²) in [6.45, 7) is -4.12. The van der Waals surface area contributed by atoms with Gasteiger partial charge in [-0.3, -0.25) is 0 Å². The molecule has 0 aromatic heterocycles. The Balaban J connectivity index is 4.95. The topological polar surface area (TPSA) is 0 Å². The van der Waals surface area contributed by atoms with Crippen LogP contribution in [-0.2, 0) is 0 Å². The Kier molecular flexibility index (Phi) is 0.298. The first kappa shape index (κ1) is 0.661. The molecule has 0 atom stereocenters. The number of hydrogen-bond donors (Lipinski definition) is 0. The third kappa shape index (κ3) is 4.00. The van der Waals surface area contributed by atoms with E-state index in [0.29, 0.717) is 0 Å². The molecule has 0 saturated carbocycles. The van der Waals surface area contributed by atoms with Gasteiger partial charge in [-0.1, -0.05) is 27.0 Å². The van der Waals surface area contributed by atoms with Crippen molar-refractivity contribution in [2.75, 3.05) is 0 Å². The monoisotopic (exact) mass is 79.1 g/mol. The maximum atomic E-state index is 7.35. The molecule has 0 spiro atoms. The minimum atomic E-state index is -2.76. The first-order valence-corrected chi connectivity index (χ1v) is 1.56. The molecule has 0 saturated heterocycles. The van der Waals surface area contributed by atoms with Crippen molar-refractivity contribution >= 4 is 0 Å². The summed E-state index contributed by atoms with van der Waals surface area (Å²) < 4.78 is 48.9. The second-order valence-corrected chi connectivity index (χ2v) is 0.832. The van der Waals surface area contributed by atoms with Crippen LogP contribution in [0.5, 0.6) is 0 Å². The van der Waals surface area contributed by atoms with Crippen LogP contribution in [0.25, 0.3) is 0 Å². The molecule has 0 amide bonds. The summed E-state index contributed by atoms with van der Waals surface area (Å²) in [4.78, 5) is 0. The summed E-state index contributed by atoms with van der Waals surface area (Å²) in [5.41, 5.74) is 0. The Morgan fingerprint density at radius 1 is 2.00 bits per heavy atom. The van der Waals surface area contributed by atoms with Crippen LogP contribution in [-0.4, -0.2) is 0 Å². The van der Waals surface area contributed by atoms with Crippen LogP contribution in [0.3, 0.4) is 0 Å². The first-order valence-electron chi connectivity index (χ1n) is 5.06. The van der Waals surface area contributed by atoms with Gasteiger partial charge >= 0.3 is 0 Å². The van der Waals surface area contributed by atoms with E-state index in [0.717, 1.165) is 0 Å². The molecule has 0 unspecified atom stereocenters. The van der Waals surface area contributed by atoms with Gasteiger partial charge in [0.15, 0.2) is 0 Å². The van der Waals surface area contributed by atoms with Crippen LogP contribution < -0.4 is 0 Å². The lowest BCUT2D eigenvalue weighted by Crippen LogP contribution is -1.77. The molecule has 0 aliphatic heterocycles. The fourth-order valence-electron chi connectivity index (χ4n) is 0. The second-order valence-electron chi connectivity index (χ2n) is 0.832. The Labute approximate surface area is 44.0 Å². The average molecular weight is 79.2 g/mol. The van der Waals surface area contributed by atoms with Gasteiger partial charge < -0.3 is 0 Å². The Bertz CT molecular complexity index is 138. The van der Waals surface area contributed by atoms with Gasteiger partial charge in [0, 0.05) is 9.60 Å². The van der Waals surface area contributed by atoms with Crippen LogP contribution in [0.4, 0.5) is 0 Å². The Hall–Kier alpha value is 0. The molecule has 0 N–H and O–H groups in total. The normalized spacial score (nSPS) is 37.4. The Morgan fingerprint density at radius 2 is 2.60 bits per heavy atom. The highest BCUT2D eigenvalue weighted by Gasteiger charge is 1.80. The molecule has 0 nitrogen and oxygen atoms in total. The number of hydrogen-bond acceptors (Lipinski definition) is 0. The molecule has 0 aliphatic rings. The quantitative estimate of drug-likeness (QED) is 0.451. The van der Waals surface area contributed by atoms with Crippen LogP contribution in [0.2, 0.25) is 0 Å². The van der Waals surface area contributed by atoms with Crippen LogP contribution in [0.1, 0.15) is 36.6 Å². The minimum absolute atomic E-state index is 0.208. The van der Waals surface area contributed by atoms with E-state index in [-0.39, 0.29) is 6.42 Å². The lowest BCUT2D eigenvalue weighted by Gasteiger charge is -1.90. The zero-order valence-electron chi connectivity index (χ0n) is 10.2. The molecular formula is C5H12. The summed E-state index contributed by atoms with van der Waals surface area (Å²) in [7, 11) is 0. The van der Waals surface area contributed by atoms with Crippen molar-refractivity contribution in [1.82, 2.24) is 0 Å². The molecule has 0 fully saturated rings. The fraction of sp³-hybridized carbons (Fsp3) is 1.00. The predicted molar refractivity (Wildman–Crippen MR) is 25.1 cm³/mol. The van der Waals surface area contributed by atoms with Crippen LogP contribution in [0.15, 0.2) is 0 Å². The zero-order valence-corrected chi connectivity index (χ0v) is 3.21. The lowest BCUT2D eigenvalue weighted by atomic mass is 10.2. The fourth-order valence-corrected chi connectivity index (χ4v) is 0. The van der Waals surface area contributed by atoms with E-state index in [1.165, 1.54) is 6.92 Å². The van der Waals surface area contributed by atoms with Gasteiger partial charge in [-0.05, 0) is 5.89 Å². The molecule has 0 rings (SSSR count). The standard InChI is InChI=1S/C5H12/c1-4-5(2)3/h5H,4H2,1-3H3/i2D3,3D3,5D. The van der Waals surface area contributed by atoms with Gasteiger partial charge in [-0.25, -0.2) is 0 Å². The van der Waals surface area contributed by atoms with Crippen molar-refractivity contribution < 1.29 is 9.60 Å². The lowest BCUT2D eigenvalue weighted by molar-refractivity contribution is 0.626. The van der Waals surface area contributed by atoms with E-state index in [9.17, 15) is 0 Å². The second kappa shape index (κ2) is 2.25. The van der Waals surface area contributed by atoms with Gasteiger partial charge in [0.25, 0.3) is 0 Å². The molecule has 32 valence electrons. The summed E-state index contributed by atoms with van der Waals surface area (Å²) in [5.74, 6) is -2.33. The minimum Gasteiger partial charge on any atom is -0.0651 e. The zero-order chi connectivity index (χ0) is 10.2. The third-order valence-corrected chi connectivity index (χ3v) is 0.354. The van der Waals surface area contributed by atoms with Gasteiger partial charge in [0.2, 0.25) is 0 Å². The summed E-state index contributed by atoms with van der Waals surface area (Å²) in [6, 6.07) is 0. The van der Waals surface area contributed by atoms with Gasteiger partial charge in [-0.2, -0.15) is 0 Å². The molecule has 0 aromatic carbocycles. The van der Waals surface area contributed by atoms with Crippen molar-refractivity contribution in [2.24, 2.45) is 5.89 Å². The van der Waals surface area contributed by atoms with E-state index in [1.54, 1.807) is 0 Å². The van der Waals surface area contributed by atoms with E-state index in [4.69, 9.17) is 9.60 Å². The molecule has 0 heteroatoms. The van der Waals surface area contributed by atoms with Gasteiger partial charge in [0.05, 0.1) is 0 Å². The molecule has 0 aliphatic carbocycles. The maximum Gasteiger partial charge on any atom is 0.0297 e. The van der Waals surface area contributed by atoms with Crippen LogP contribution in [0, 0.1) is 5.89 Å². The Morgan fingerprint density at radius 3 is 2.60 bits per heavy atom. The van der Waals surface area contributed by atoms with Crippen molar-refractivity contribution in [3.8, 4) is 0 Å². The van der Waals surface area contributed by atoms with Gasteiger partial charge in [-0.15, -0.1) is 0 Å². The first-order chi connectivity index (χ1) is 5.06. The number of rotatable bonds is 1. The van der Waals surface area contributed by atoms with E-state index < -0.39 is 19.6 Å². The molecule has 0 radical (unpaired) electrons. The molecule has 0 bridgehead atoms. The highest BCUT2D eigenvalue weighted by molar-refractivity contribution is 4.32. The predicted octanol–water partition coefficient (Wildman–Crippen LogP) is 2.05. The van der Waals surface area contributed by atoms with Crippen LogP contribution >= 0.6 is 0 Å². The molecule has 5 heavy (non-hydrogen) atoms. The molecule has 0 heterocycles. The van der Waals surface area contributed by atoms with Crippen molar-refractivity contribution in [2.45, 2.75) is 27.0 Å². The highest BCUT2D eigenvalue weighted by Crippen LogP contribution is 1.93. The van der Waals surface area contributed by atoms with Crippen molar-refractivity contribution in [3.63, 3.8) is 0 Å². The smallest absolute Gasteiger partial charge is 0.0297 e. The highest BCUT2D eigenvalue weighted by atomic mass is 13.9. The van der Waals surface area contributed by atoms with Crippen molar-refractivity contribution in [3.05, 3.63) is 0 Å². The molecule has 0 aromatic rings. The van der Waals surface area contributed by atoms with Gasteiger partial charge in [0.1, 0.15) is 0 Å². The molecular weight excluding hydrogens is 60.1 g/mol.